The third-order valence-corrected chi connectivity index (χ3v) is 2.96. The number of benzene rings is 1. The molecule has 0 radical (unpaired) electrons. The van der Waals surface area contributed by atoms with E-state index in [1.807, 2.05) is 30.5 Å². The highest BCUT2D eigenvalue weighted by Crippen LogP contribution is 2.08. The van der Waals surface area contributed by atoms with Crippen LogP contribution in [0.4, 0.5) is 5.82 Å². The number of rotatable bonds is 3. The average Bonchev–Trinajstić information content (AvgIpc) is 2.84. The molecule has 2 heterocycles. The lowest BCUT2D eigenvalue weighted by atomic mass is 10.2. The van der Waals surface area contributed by atoms with Crippen molar-refractivity contribution in [2.75, 3.05) is 5.73 Å². The molecule has 0 aliphatic heterocycles. The SMILES string of the molecule is Nc1ccn(CCn2ncc(=O)c3ccccc32)n1. The molecular weight excluding hydrogens is 242 g/mol. The van der Waals surface area contributed by atoms with Crippen molar-refractivity contribution in [3.05, 3.63) is 52.9 Å². The van der Waals surface area contributed by atoms with Crippen LogP contribution < -0.4 is 11.2 Å². The summed E-state index contributed by atoms with van der Waals surface area (Å²) < 4.78 is 3.55. The Balaban J connectivity index is 1.93. The first-order chi connectivity index (χ1) is 9.24. The molecule has 96 valence electrons. The Kier molecular flexibility index (Phi) is 2.75. The van der Waals surface area contributed by atoms with Gasteiger partial charge in [-0.1, -0.05) is 12.1 Å². The summed E-state index contributed by atoms with van der Waals surface area (Å²) in [5, 5.41) is 8.95. The molecule has 0 unspecified atom stereocenters. The third-order valence-electron chi connectivity index (χ3n) is 2.96. The number of anilines is 1. The minimum absolute atomic E-state index is 0.0600. The summed E-state index contributed by atoms with van der Waals surface area (Å²) in [6.07, 6.45) is 3.17. The standard InChI is InChI=1S/C13H13N5O/c14-13-5-6-17(16-13)7-8-18-11-4-2-1-3-10(11)12(19)9-15-18/h1-6,9H,7-8H2,(H2,14,16). The van der Waals surface area contributed by atoms with Crippen molar-refractivity contribution in [2.24, 2.45) is 0 Å². The average molecular weight is 255 g/mol. The molecule has 19 heavy (non-hydrogen) atoms. The first-order valence-electron chi connectivity index (χ1n) is 5.98. The third kappa shape index (κ3) is 2.20. The molecule has 0 saturated carbocycles. The minimum atomic E-state index is -0.0600. The van der Waals surface area contributed by atoms with E-state index in [9.17, 15) is 4.79 Å². The van der Waals surface area contributed by atoms with Gasteiger partial charge in [-0.05, 0) is 18.2 Å². The normalized spacial score (nSPS) is 10.9. The van der Waals surface area contributed by atoms with Crippen molar-refractivity contribution in [3.63, 3.8) is 0 Å². The number of para-hydroxylation sites is 1. The van der Waals surface area contributed by atoms with Crippen LogP contribution in [0.5, 0.6) is 0 Å². The Bertz CT molecular complexity index is 774. The molecule has 0 fully saturated rings. The second-order valence-electron chi connectivity index (χ2n) is 4.25. The summed E-state index contributed by atoms with van der Waals surface area (Å²) >= 11 is 0. The lowest BCUT2D eigenvalue weighted by Gasteiger charge is -2.08. The Labute approximate surface area is 109 Å². The lowest BCUT2D eigenvalue weighted by molar-refractivity contribution is 0.506. The molecule has 0 aliphatic carbocycles. The number of nitrogen functional groups attached to an aromatic ring is 1. The number of nitrogens with two attached hydrogens (primary N) is 1. The van der Waals surface area contributed by atoms with E-state index in [1.54, 1.807) is 15.4 Å². The molecule has 0 bridgehead atoms. The first-order valence-corrected chi connectivity index (χ1v) is 5.98. The highest BCUT2D eigenvalue weighted by atomic mass is 16.1. The van der Waals surface area contributed by atoms with Crippen molar-refractivity contribution >= 4 is 16.7 Å². The van der Waals surface area contributed by atoms with E-state index >= 15 is 0 Å². The predicted octanol–water partition coefficient (Wildman–Crippen LogP) is 0.875. The van der Waals surface area contributed by atoms with Crippen molar-refractivity contribution in [1.82, 2.24) is 19.6 Å². The van der Waals surface area contributed by atoms with Gasteiger partial charge in [0.15, 0.2) is 0 Å². The zero-order chi connectivity index (χ0) is 13.2. The monoisotopic (exact) mass is 255 g/mol. The van der Waals surface area contributed by atoms with Crippen molar-refractivity contribution < 1.29 is 0 Å². The summed E-state index contributed by atoms with van der Waals surface area (Å²) in [5.41, 5.74) is 6.33. The Morgan fingerprint density at radius 1 is 1.16 bits per heavy atom. The fraction of sp³-hybridized carbons (Fsp3) is 0.154. The van der Waals surface area contributed by atoms with E-state index < -0.39 is 0 Å². The molecule has 0 amide bonds. The van der Waals surface area contributed by atoms with Crippen LogP contribution in [0.15, 0.2) is 47.5 Å². The molecule has 3 rings (SSSR count). The van der Waals surface area contributed by atoms with Crippen LogP contribution in [0.3, 0.4) is 0 Å². The van der Waals surface area contributed by atoms with Gasteiger partial charge in [0.25, 0.3) is 0 Å². The van der Waals surface area contributed by atoms with Gasteiger partial charge in [0.2, 0.25) is 5.43 Å². The predicted molar refractivity (Wildman–Crippen MR) is 72.6 cm³/mol. The Morgan fingerprint density at radius 3 is 2.79 bits per heavy atom. The zero-order valence-corrected chi connectivity index (χ0v) is 10.2. The lowest BCUT2D eigenvalue weighted by Crippen LogP contribution is -2.15. The summed E-state index contributed by atoms with van der Waals surface area (Å²) in [5.74, 6) is 0.498. The first kappa shape index (κ1) is 11.5. The van der Waals surface area contributed by atoms with Crippen LogP contribution in [0.25, 0.3) is 10.9 Å². The van der Waals surface area contributed by atoms with Gasteiger partial charge in [-0.15, -0.1) is 0 Å². The number of aromatic nitrogens is 4. The smallest absolute Gasteiger partial charge is 0.207 e. The maximum Gasteiger partial charge on any atom is 0.207 e. The summed E-state index contributed by atoms with van der Waals surface area (Å²) in [6, 6.07) is 9.19. The number of hydrogen-bond acceptors (Lipinski definition) is 4. The van der Waals surface area contributed by atoms with Crippen molar-refractivity contribution in [2.45, 2.75) is 13.1 Å². The molecule has 6 nitrogen and oxygen atoms in total. The van der Waals surface area contributed by atoms with Crippen LogP contribution >= 0.6 is 0 Å². The van der Waals surface area contributed by atoms with Gasteiger partial charge >= 0.3 is 0 Å². The van der Waals surface area contributed by atoms with Crippen LogP contribution in [-0.2, 0) is 13.1 Å². The molecule has 0 saturated heterocycles. The fourth-order valence-electron chi connectivity index (χ4n) is 2.04. The van der Waals surface area contributed by atoms with E-state index in [2.05, 4.69) is 10.2 Å². The maximum absolute atomic E-state index is 11.7. The number of aryl methyl sites for hydroxylation is 2. The largest absolute Gasteiger partial charge is 0.382 e. The number of hydrogen-bond donors (Lipinski definition) is 1. The summed E-state index contributed by atoms with van der Waals surface area (Å²) in [4.78, 5) is 11.7. The highest BCUT2D eigenvalue weighted by Gasteiger charge is 2.03. The fourth-order valence-corrected chi connectivity index (χ4v) is 2.04. The molecule has 6 heteroatoms. The quantitative estimate of drug-likeness (QED) is 0.753. The molecular formula is C13H13N5O. The summed E-state index contributed by atoms with van der Waals surface area (Å²) in [7, 11) is 0. The van der Waals surface area contributed by atoms with Crippen LogP contribution in [-0.4, -0.2) is 19.6 Å². The molecule has 0 aliphatic rings. The Hall–Kier alpha value is -2.63. The molecule has 1 aromatic carbocycles. The summed E-state index contributed by atoms with van der Waals surface area (Å²) in [6.45, 7) is 1.28. The molecule has 2 N–H and O–H groups in total. The van der Waals surface area contributed by atoms with Gasteiger partial charge < -0.3 is 5.73 Å². The zero-order valence-electron chi connectivity index (χ0n) is 10.2. The van der Waals surface area contributed by atoms with Gasteiger partial charge in [0.05, 0.1) is 24.8 Å². The topological polar surface area (TPSA) is 78.7 Å². The minimum Gasteiger partial charge on any atom is -0.382 e. The van der Waals surface area contributed by atoms with E-state index in [0.717, 1.165) is 5.52 Å². The van der Waals surface area contributed by atoms with E-state index in [0.29, 0.717) is 24.3 Å². The van der Waals surface area contributed by atoms with Crippen molar-refractivity contribution in [3.8, 4) is 0 Å². The van der Waals surface area contributed by atoms with Crippen LogP contribution in [0, 0.1) is 0 Å². The van der Waals surface area contributed by atoms with Crippen LogP contribution in [0.2, 0.25) is 0 Å². The molecule has 3 aromatic rings. The van der Waals surface area contributed by atoms with Gasteiger partial charge in [-0.3, -0.25) is 14.2 Å². The van der Waals surface area contributed by atoms with Crippen LogP contribution in [0.1, 0.15) is 0 Å². The maximum atomic E-state index is 11.7. The van der Waals surface area contributed by atoms with E-state index in [4.69, 9.17) is 5.73 Å². The number of fused-ring (bicyclic) bond motifs is 1. The second kappa shape index (κ2) is 4.56. The van der Waals surface area contributed by atoms with E-state index in [1.165, 1.54) is 6.20 Å². The molecule has 0 atom stereocenters. The molecule has 2 aromatic heterocycles. The van der Waals surface area contributed by atoms with Gasteiger partial charge in [0.1, 0.15) is 5.82 Å². The van der Waals surface area contributed by atoms with E-state index in [-0.39, 0.29) is 5.43 Å². The number of nitrogens with zero attached hydrogens (tertiary/aromatic N) is 4. The van der Waals surface area contributed by atoms with Gasteiger partial charge in [-0.25, -0.2) is 0 Å². The highest BCUT2D eigenvalue weighted by molar-refractivity contribution is 5.77. The Morgan fingerprint density at radius 2 is 2.00 bits per heavy atom. The second-order valence-corrected chi connectivity index (χ2v) is 4.25. The van der Waals surface area contributed by atoms with Gasteiger partial charge in [-0.2, -0.15) is 10.2 Å². The molecule has 0 spiro atoms. The van der Waals surface area contributed by atoms with Gasteiger partial charge in [0, 0.05) is 11.6 Å². The van der Waals surface area contributed by atoms with Crippen molar-refractivity contribution in [1.29, 1.82) is 0 Å².